The molecule has 0 saturated carbocycles. The highest BCUT2D eigenvalue weighted by Crippen LogP contribution is 2.18. The standard InChI is InChI=1S/C78H145NO5/c1-3-5-7-9-11-13-15-17-19-21-40-44-48-52-56-60-64-68-72-78(83)84-73-69-65-61-57-53-49-45-41-38-36-34-32-30-28-26-24-22-23-25-27-29-31-33-35-37-39-43-47-51-55-59-63-67-71-77(82)79-75(74-80)76(81)70-66-62-58-54-50-46-42-20-18-16-14-12-10-8-6-4-2/h13,15,19,21,26,28,32,34,66,70,75-76,80-81H,3-12,14,16-18,20,22-25,27,29-31,33,35-65,67-69,71-74H2,1-2H3,(H,79,82)/b15-13-,21-19-,28-26-,34-32-,70-66+. The normalized spacial score (nSPS) is 12.9. The monoisotopic (exact) mass is 1180 g/mol. The number of hydrogen-bond donors (Lipinski definition) is 3. The second kappa shape index (κ2) is 73.0. The van der Waals surface area contributed by atoms with Crippen LogP contribution in [0.3, 0.4) is 0 Å². The first-order valence-electron chi connectivity index (χ1n) is 37.6. The summed E-state index contributed by atoms with van der Waals surface area (Å²) in [6, 6.07) is -0.627. The van der Waals surface area contributed by atoms with Crippen LogP contribution in [0.5, 0.6) is 0 Å². The summed E-state index contributed by atoms with van der Waals surface area (Å²) in [5.41, 5.74) is 0. The molecule has 0 heterocycles. The van der Waals surface area contributed by atoms with Gasteiger partial charge in [-0.3, -0.25) is 9.59 Å². The van der Waals surface area contributed by atoms with Crippen LogP contribution < -0.4 is 5.32 Å². The molecule has 0 aromatic rings. The van der Waals surface area contributed by atoms with Gasteiger partial charge in [0, 0.05) is 12.8 Å². The number of unbranched alkanes of at least 4 members (excludes halogenated alkanes) is 51. The molecule has 3 N–H and O–H groups in total. The van der Waals surface area contributed by atoms with Crippen LogP contribution in [0.15, 0.2) is 60.8 Å². The van der Waals surface area contributed by atoms with Crippen molar-refractivity contribution in [2.75, 3.05) is 13.2 Å². The zero-order valence-electron chi connectivity index (χ0n) is 56.4. The van der Waals surface area contributed by atoms with Gasteiger partial charge in [-0.05, 0) is 96.3 Å². The zero-order valence-corrected chi connectivity index (χ0v) is 56.4. The average Bonchev–Trinajstić information content (AvgIpc) is 3.50. The van der Waals surface area contributed by atoms with Crippen LogP contribution >= 0.6 is 0 Å². The molecule has 492 valence electrons. The number of nitrogens with one attached hydrogen (secondary N) is 1. The van der Waals surface area contributed by atoms with E-state index in [4.69, 9.17) is 4.74 Å². The van der Waals surface area contributed by atoms with E-state index in [2.05, 4.69) is 67.8 Å². The lowest BCUT2D eigenvalue weighted by Crippen LogP contribution is -2.45. The molecule has 84 heavy (non-hydrogen) atoms. The minimum atomic E-state index is -0.844. The first-order valence-corrected chi connectivity index (χ1v) is 37.6. The number of ether oxygens (including phenoxy) is 1. The molecule has 0 saturated heterocycles. The van der Waals surface area contributed by atoms with E-state index in [1.807, 2.05) is 6.08 Å². The number of aliphatic hydroxyl groups is 2. The van der Waals surface area contributed by atoms with E-state index < -0.39 is 12.1 Å². The third-order valence-electron chi connectivity index (χ3n) is 17.3. The van der Waals surface area contributed by atoms with Crippen LogP contribution in [0.25, 0.3) is 0 Å². The third-order valence-corrected chi connectivity index (χ3v) is 17.3. The molecule has 0 aliphatic heterocycles. The molecule has 2 atom stereocenters. The fourth-order valence-corrected chi connectivity index (χ4v) is 11.5. The number of amides is 1. The topological polar surface area (TPSA) is 95.9 Å². The first-order chi connectivity index (χ1) is 41.5. The zero-order chi connectivity index (χ0) is 60.6. The molecule has 0 fully saturated rings. The number of allylic oxidation sites excluding steroid dienone is 9. The Labute approximate surface area is 524 Å². The van der Waals surface area contributed by atoms with Crippen molar-refractivity contribution in [1.29, 1.82) is 0 Å². The van der Waals surface area contributed by atoms with Crippen molar-refractivity contribution in [1.82, 2.24) is 5.32 Å². The molecule has 0 aliphatic rings. The molecule has 6 nitrogen and oxygen atoms in total. The van der Waals surface area contributed by atoms with E-state index in [0.717, 1.165) is 57.8 Å². The molecule has 0 aromatic heterocycles. The number of hydrogen-bond acceptors (Lipinski definition) is 5. The summed E-state index contributed by atoms with van der Waals surface area (Å²) >= 11 is 0. The first kappa shape index (κ1) is 81.6. The molecular weight excluding hydrogens is 1030 g/mol. The van der Waals surface area contributed by atoms with Gasteiger partial charge in [-0.1, -0.05) is 351 Å². The van der Waals surface area contributed by atoms with Crippen LogP contribution in [-0.2, 0) is 14.3 Å². The highest BCUT2D eigenvalue weighted by Gasteiger charge is 2.18. The van der Waals surface area contributed by atoms with E-state index in [9.17, 15) is 19.8 Å². The highest BCUT2D eigenvalue weighted by atomic mass is 16.5. The number of carbonyl (C=O) groups is 2. The smallest absolute Gasteiger partial charge is 0.305 e. The lowest BCUT2D eigenvalue weighted by Gasteiger charge is -2.20. The summed E-state index contributed by atoms with van der Waals surface area (Å²) in [6.07, 6.45) is 97.5. The summed E-state index contributed by atoms with van der Waals surface area (Å²) in [5, 5.41) is 23.2. The van der Waals surface area contributed by atoms with Crippen LogP contribution in [0.4, 0.5) is 0 Å². The van der Waals surface area contributed by atoms with Gasteiger partial charge in [-0.2, -0.15) is 0 Å². The molecule has 0 bridgehead atoms. The van der Waals surface area contributed by atoms with Gasteiger partial charge >= 0.3 is 5.97 Å². The quantitative estimate of drug-likeness (QED) is 0.0320. The Bertz CT molecular complexity index is 1450. The average molecular weight is 1180 g/mol. The predicted molar refractivity (Wildman–Crippen MR) is 370 cm³/mol. The fourth-order valence-electron chi connectivity index (χ4n) is 11.5. The fraction of sp³-hybridized carbons (Fsp3) is 0.846. The Kier molecular flexibility index (Phi) is 70.9. The minimum Gasteiger partial charge on any atom is -0.466 e. The summed E-state index contributed by atoms with van der Waals surface area (Å²) in [4.78, 5) is 24.6. The molecule has 0 aromatic carbocycles. The summed E-state index contributed by atoms with van der Waals surface area (Å²) in [7, 11) is 0. The van der Waals surface area contributed by atoms with Crippen molar-refractivity contribution in [2.24, 2.45) is 0 Å². The maximum absolute atomic E-state index is 12.5. The maximum Gasteiger partial charge on any atom is 0.305 e. The lowest BCUT2D eigenvalue weighted by molar-refractivity contribution is -0.143. The van der Waals surface area contributed by atoms with Crippen molar-refractivity contribution in [3.8, 4) is 0 Å². The van der Waals surface area contributed by atoms with Crippen LogP contribution in [0, 0.1) is 0 Å². The van der Waals surface area contributed by atoms with Crippen molar-refractivity contribution >= 4 is 11.9 Å². The minimum absolute atomic E-state index is 0.00661. The van der Waals surface area contributed by atoms with E-state index in [1.54, 1.807) is 6.08 Å². The number of esters is 1. The number of aliphatic hydroxyl groups excluding tert-OH is 2. The Morgan fingerprint density at radius 2 is 0.595 bits per heavy atom. The molecule has 0 radical (unpaired) electrons. The summed E-state index contributed by atoms with van der Waals surface area (Å²) in [5.74, 6) is -0.0574. The Morgan fingerprint density at radius 3 is 0.917 bits per heavy atom. The molecule has 0 spiro atoms. The third kappa shape index (κ3) is 68.7. The van der Waals surface area contributed by atoms with Crippen molar-refractivity contribution < 1.29 is 24.5 Å². The second-order valence-electron chi connectivity index (χ2n) is 25.6. The highest BCUT2D eigenvalue weighted by molar-refractivity contribution is 5.76. The Hall–Kier alpha value is -2.44. The molecule has 2 unspecified atom stereocenters. The van der Waals surface area contributed by atoms with Crippen LogP contribution in [0.1, 0.15) is 399 Å². The maximum atomic E-state index is 12.5. The van der Waals surface area contributed by atoms with Crippen molar-refractivity contribution in [3.05, 3.63) is 60.8 Å². The molecule has 6 heteroatoms. The van der Waals surface area contributed by atoms with Crippen molar-refractivity contribution in [2.45, 2.75) is 411 Å². The van der Waals surface area contributed by atoms with Crippen LogP contribution in [0.2, 0.25) is 0 Å². The number of rotatable bonds is 70. The van der Waals surface area contributed by atoms with Gasteiger partial charge in [0.25, 0.3) is 0 Å². The molecule has 0 rings (SSSR count). The summed E-state index contributed by atoms with van der Waals surface area (Å²) in [6.45, 7) is 4.91. The van der Waals surface area contributed by atoms with Gasteiger partial charge < -0.3 is 20.3 Å². The Morgan fingerprint density at radius 1 is 0.333 bits per heavy atom. The van der Waals surface area contributed by atoms with Gasteiger partial charge in [0.1, 0.15) is 0 Å². The largest absolute Gasteiger partial charge is 0.466 e. The summed E-state index contributed by atoms with van der Waals surface area (Å²) < 4.78 is 5.50. The van der Waals surface area contributed by atoms with Crippen LogP contribution in [-0.4, -0.2) is 47.4 Å². The van der Waals surface area contributed by atoms with Gasteiger partial charge in [-0.15, -0.1) is 0 Å². The van der Waals surface area contributed by atoms with E-state index in [1.165, 1.54) is 315 Å². The predicted octanol–water partition coefficient (Wildman–Crippen LogP) is 24.6. The number of carbonyl (C=O) groups excluding carboxylic acids is 2. The molecular formula is C78H145NO5. The molecule has 1 amide bonds. The van der Waals surface area contributed by atoms with E-state index in [-0.39, 0.29) is 18.5 Å². The van der Waals surface area contributed by atoms with E-state index >= 15 is 0 Å². The van der Waals surface area contributed by atoms with Crippen molar-refractivity contribution in [3.63, 3.8) is 0 Å². The van der Waals surface area contributed by atoms with Gasteiger partial charge in [0.2, 0.25) is 5.91 Å². The Balaban J connectivity index is 3.39. The molecule has 0 aliphatic carbocycles. The van der Waals surface area contributed by atoms with Gasteiger partial charge in [0.05, 0.1) is 25.4 Å². The SMILES string of the molecule is CCCCCC/C=C\C/C=C\CCCCCCCCCC(=O)OCCCCCCCCCCC/C=C\C/C=C\CCCCCCCCCCCCCCCCCCCC(=O)NC(CO)C(O)/C=C/CCCCCCCCCCCCCCCC. The van der Waals surface area contributed by atoms with Gasteiger partial charge in [-0.25, -0.2) is 0 Å². The second-order valence-corrected chi connectivity index (χ2v) is 25.6. The lowest BCUT2D eigenvalue weighted by atomic mass is 10.0. The van der Waals surface area contributed by atoms with E-state index in [0.29, 0.717) is 19.4 Å². The van der Waals surface area contributed by atoms with Gasteiger partial charge in [0.15, 0.2) is 0 Å².